The highest BCUT2D eigenvalue weighted by Gasteiger charge is 2.32. The molecule has 20 heavy (non-hydrogen) atoms. The lowest BCUT2D eigenvalue weighted by molar-refractivity contribution is -0.137. The molecule has 0 atom stereocenters. The summed E-state index contributed by atoms with van der Waals surface area (Å²) < 4.78 is 63.5. The Labute approximate surface area is 115 Å². The molecule has 4 nitrogen and oxygen atoms in total. The predicted molar refractivity (Wildman–Crippen MR) is 66.0 cm³/mol. The fraction of sp³-hybridized carbons (Fsp3) is 0.417. The van der Waals surface area contributed by atoms with Gasteiger partial charge >= 0.3 is 6.18 Å². The molecule has 1 N–H and O–H groups in total. The molecule has 1 aromatic carbocycles. The zero-order valence-electron chi connectivity index (χ0n) is 10.8. The monoisotopic (exact) mass is 306 g/mol. The van der Waals surface area contributed by atoms with E-state index in [0.29, 0.717) is 6.07 Å². The van der Waals surface area contributed by atoms with Crippen molar-refractivity contribution in [2.24, 2.45) is 5.41 Å². The number of hydrogen-bond acceptors (Lipinski definition) is 3. The van der Waals surface area contributed by atoms with Gasteiger partial charge in [0.1, 0.15) is 0 Å². The Bertz CT molecular complexity index is 631. The summed E-state index contributed by atoms with van der Waals surface area (Å²) in [5.41, 5.74) is -1.99. The van der Waals surface area contributed by atoms with Crippen LogP contribution in [0.4, 0.5) is 13.2 Å². The molecule has 0 fully saturated rings. The van der Waals surface area contributed by atoms with Crippen molar-refractivity contribution in [3.8, 4) is 6.07 Å². The molecule has 0 amide bonds. The number of rotatable bonds is 4. The second-order valence-corrected chi connectivity index (χ2v) is 6.61. The molecule has 0 spiro atoms. The van der Waals surface area contributed by atoms with Gasteiger partial charge in [0.15, 0.2) is 0 Å². The van der Waals surface area contributed by atoms with Gasteiger partial charge in [0, 0.05) is 6.54 Å². The number of benzene rings is 1. The number of nitrogens with one attached hydrogen (secondary N) is 1. The van der Waals surface area contributed by atoms with Crippen molar-refractivity contribution >= 4 is 10.0 Å². The summed E-state index contributed by atoms with van der Waals surface area (Å²) in [6.07, 6.45) is -4.61. The van der Waals surface area contributed by atoms with Crippen LogP contribution < -0.4 is 4.72 Å². The maximum Gasteiger partial charge on any atom is 0.416 e. The molecular formula is C12H13F3N2O2S. The third-order valence-corrected chi connectivity index (χ3v) is 3.88. The molecule has 0 saturated carbocycles. The lowest BCUT2D eigenvalue weighted by Crippen LogP contribution is -2.33. The first-order valence-corrected chi connectivity index (χ1v) is 7.04. The summed E-state index contributed by atoms with van der Waals surface area (Å²) in [7, 11) is -4.09. The predicted octanol–water partition coefficient (Wildman–Crippen LogP) is 2.53. The van der Waals surface area contributed by atoms with Gasteiger partial charge in [-0.15, -0.1) is 0 Å². The van der Waals surface area contributed by atoms with Gasteiger partial charge in [0.2, 0.25) is 10.0 Å². The second kappa shape index (κ2) is 5.42. The molecule has 0 aliphatic rings. The molecule has 0 unspecified atom stereocenters. The van der Waals surface area contributed by atoms with E-state index in [1.165, 1.54) is 13.8 Å². The summed E-state index contributed by atoms with van der Waals surface area (Å²) in [6, 6.07) is 5.33. The van der Waals surface area contributed by atoms with E-state index in [-0.39, 0.29) is 6.54 Å². The van der Waals surface area contributed by atoms with Crippen molar-refractivity contribution in [3.63, 3.8) is 0 Å². The lowest BCUT2D eigenvalue weighted by Gasteiger charge is -2.16. The smallest absolute Gasteiger partial charge is 0.210 e. The molecule has 1 rings (SSSR count). The average molecular weight is 306 g/mol. The number of sulfonamides is 1. The summed E-state index contributed by atoms with van der Waals surface area (Å²) in [5, 5.41) is 8.78. The standard InChI is InChI=1S/C12H13F3N2O2S/c1-11(2,7-16)8-17-20(18,19)10-5-3-4-9(6-10)12(13,14)15/h3-6,17H,8H2,1-2H3. The Morgan fingerprint density at radius 2 is 1.90 bits per heavy atom. The van der Waals surface area contributed by atoms with E-state index in [2.05, 4.69) is 4.72 Å². The minimum Gasteiger partial charge on any atom is -0.210 e. The van der Waals surface area contributed by atoms with Gasteiger partial charge < -0.3 is 0 Å². The Hall–Kier alpha value is -1.59. The molecular weight excluding hydrogens is 293 g/mol. The average Bonchev–Trinajstić information content (AvgIpc) is 2.36. The Balaban J connectivity index is 3.03. The maximum atomic E-state index is 12.5. The fourth-order valence-corrected chi connectivity index (χ4v) is 2.50. The molecule has 0 radical (unpaired) electrons. The van der Waals surface area contributed by atoms with Crippen molar-refractivity contribution < 1.29 is 21.6 Å². The van der Waals surface area contributed by atoms with Crippen LogP contribution in [-0.4, -0.2) is 15.0 Å². The van der Waals surface area contributed by atoms with E-state index in [9.17, 15) is 21.6 Å². The van der Waals surface area contributed by atoms with Crippen molar-refractivity contribution in [2.75, 3.05) is 6.54 Å². The highest BCUT2D eigenvalue weighted by atomic mass is 32.2. The van der Waals surface area contributed by atoms with Crippen molar-refractivity contribution in [1.82, 2.24) is 4.72 Å². The van der Waals surface area contributed by atoms with Crippen LogP contribution >= 0.6 is 0 Å². The molecule has 0 bridgehead atoms. The molecule has 0 saturated heterocycles. The van der Waals surface area contributed by atoms with Gasteiger partial charge in [0.05, 0.1) is 21.9 Å². The Morgan fingerprint density at radius 1 is 1.30 bits per heavy atom. The summed E-state index contributed by atoms with van der Waals surface area (Å²) in [6.45, 7) is 2.84. The van der Waals surface area contributed by atoms with Gasteiger partial charge in [-0.05, 0) is 32.0 Å². The van der Waals surface area contributed by atoms with E-state index in [4.69, 9.17) is 5.26 Å². The molecule has 110 valence electrons. The van der Waals surface area contributed by atoms with Crippen LogP contribution in [0.25, 0.3) is 0 Å². The van der Waals surface area contributed by atoms with Crippen molar-refractivity contribution in [1.29, 1.82) is 5.26 Å². The van der Waals surface area contributed by atoms with Crippen LogP contribution in [0.5, 0.6) is 0 Å². The van der Waals surface area contributed by atoms with E-state index in [0.717, 1.165) is 18.2 Å². The Morgan fingerprint density at radius 3 is 2.40 bits per heavy atom. The van der Waals surface area contributed by atoms with Crippen LogP contribution in [0.3, 0.4) is 0 Å². The van der Waals surface area contributed by atoms with E-state index < -0.39 is 32.1 Å². The van der Waals surface area contributed by atoms with E-state index in [1.807, 2.05) is 6.07 Å². The number of hydrogen-bond donors (Lipinski definition) is 1. The SMILES string of the molecule is CC(C)(C#N)CNS(=O)(=O)c1cccc(C(F)(F)F)c1. The largest absolute Gasteiger partial charge is 0.416 e. The third-order valence-electron chi connectivity index (χ3n) is 2.48. The van der Waals surface area contributed by atoms with Gasteiger partial charge in [-0.25, -0.2) is 13.1 Å². The molecule has 0 heterocycles. The normalized spacial score (nSPS) is 13.0. The number of alkyl halides is 3. The zero-order valence-corrected chi connectivity index (χ0v) is 11.6. The molecule has 0 aromatic heterocycles. The second-order valence-electron chi connectivity index (χ2n) is 4.85. The van der Waals surface area contributed by atoms with Crippen molar-refractivity contribution in [2.45, 2.75) is 24.9 Å². The number of nitrogens with zero attached hydrogens (tertiary/aromatic N) is 1. The maximum absolute atomic E-state index is 12.5. The van der Waals surface area contributed by atoms with Crippen LogP contribution in [-0.2, 0) is 16.2 Å². The summed E-state index contributed by atoms with van der Waals surface area (Å²) >= 11 is 0. The van der Waals surface area contributed by atoms with Gasteiger partial charge in [-0.2, -0.15) is 18.4 Å². The zero-order chi connectivity index (χ0) is 15.6. The van der Waals surface area contributed by atoms with Crippen LogP contribution in [0.2, 0.25) is 0 Å². The molecule has 0 aliphatic heterocycles. The summed E-state index contributed by atoms with van der Waals surface area (Å²) in [4.78, 5) is -0.485. The lowest BCUT2D eigenvalue weighted by atomic mass is 9.97. The number of nitriles is 1. The first-order chi connectivity index (χ1) is 8.98. The van der Waals surface area contributed by atoms with Crippen LogP contribution in [0, 0.1) is 16.7 Å². The molecule has 0 aliphatic carbocycles. The Kier molecular flexibility index (Phi) is 4.46. The molecule has 1 aromatic rings. The highest BCUT2D eigenvalue weighted by Crippen LogP contribution is 2.30. The molecule has 8 heteroatoms. The first-order valence-electron chi connectivity index (χ1n) is 5.56. The topological polar surface area (TPSA) is 70.0 Å². The van der Waals surface area contributed by atoms with Crippen LogP contribution in [0.1, 0.15) is 19.4 Å². The van der Waals surface area contributed by atoms with Gasteiger partial charge in [-0.3, -0.25) is 0 Å². The quantitative estimate of drug-likeness (QED) is 0.929. The van der Waals surface area contributed by atoms with Crippen molar-refractivity contribution in [3.05, 3.63) is 29.8 Å². The fourth-order valence-electron chi connectivity index (χ4n) is 1.24. The van der Waals surface area contributed by atoms with Gasteiger partial charge in [0.25, 0.3) is 0 Å². The third kappa shape index (κ3) is 4.21. The van der Waals surface area contributed by atoms with Crippen LogP contribution in [0.15, 0.2) is 29.2 Å². The highest BCUT2D eigenvalue weighted by molar-refractivity contribution is 7.89. The summed E-state index contributed by atoms with van der Waals surface area (Å²) in [5.74, 6) is 0. The van der Waals surface area contributed by atoms with Gasteiger partial charge in [-0.1, -0.05) is 6.07 Å². The first kappa shape index (κ1) is 16.5. The number of halogens is 3. The minimum atomic E-state index is -4.61. The van der Waals surface area contributed by atoms with E-state index in [1.54, 1.807) is 0 Å². The van der Waals surface area contributed by atoms with E-state index >= 15 is 0 Å². The minimum absolute atomic E-state index is 0.192.